The van der Waals surface area contributed by atoms with Gasteiger partial charge in [-0.25, -0.2) is 4.98 Å². The molecule has 1 fully saturated rings. The summed E-state index contributed by atoms with van der Waals surface area (Å²) >= 11 is 1.62. The van der Waals surface area contributed by atoms with Gasteiger partial charge in [-0.3, -0.25) is 9.97 Å². The second-order valence-corrected chi connectivity index (χ2v) is 11.1. The number of aromatic nitrogens is 4. The summed E-state index contributed by atoms with van der Waals surface area (Å²) in [4.78, 5) is 24.2. The zero-order valence-electron chi connectivity index (χ0n) is 24.4. The monoisotopic (exact) mass is 570 g/mol. The number of hydrogen-bond acceptors (Lipinski definition) is 10. The summed E-state index contributed by atoms with van der Waals surface area (Å²) in [7, 11) is 6.05. The first kappa shape index (κ1) is 28.6. The zero-order chi connectivity index (χ0) is 28.9. The van der Waals surface area contributed by atoms with Crippen LogP contribution in [0.3, 0.4) is 0 Å². The summed E-state index contributed by atoms with van der Waals surface area (Å²) in [6, 6.07) is 8.90. The van der Waals surface area contributed by atoms with E-state index in [1.165, 1.54) is 11.3 Å². The number of aryl methyl sites for hydroxylation is 1. The van der Waals surface area contributed by atoms with Gasteiger partial charge in [0.15, 0.2) is 0 Å². The summed E-state index contributed by atoms with van der Waals surface area (Å²) in [5.41, 5.74) is 6.72. The Morgan fingerprint density at radius 3 is 2.56 bits per heavy atom. The molecular formula is C31H38N8OS. The molecule has 0 atom stereocenters. The van der Waals surface area contributed by atoms with Crippen LogP contribution in [0.25, 0.3) is 17.1 Å². The number of anilines is 5. The molecule has 2 aromatic heterocycles. The van der Waals surface area contributed by atoms with E-state index < -0.39 is 0 Å². The van der Waals surface area contributed by atoms with E-state index in [2.05, 4.69) is 75.1 Å². The van der Waals surface area contributed by atoms with Gasteiger partial charge in [-0.1, -0.05) is 19.6 Å². The Morgan fingerprint density at radius 2 is 1.88 bits per heavy atom. The standard InChI is InChI=1S/C31H38N8OS/c1-7-20-17-25(27(40-5)18-26(20)39-15-11-22(12-16-39)38(3)4)36-31-34-19-21(8-2)30(37-31)35-24-10-9-23-28(29(24)41-6)33-14-13-32-23/h8-10,13-14,17-19,22H,2,7,11-12,15-16H2,1,3-6H3,(H2,34,35,36,37). The highest BCUT2D eigenvalue weighted by molar-refractivity contribution is 7.99. The molecule has 1 aliphatic rings. The first-order chi connectivity index (χ1) is 19.9. The highest BCUT2D eigenvalue weighted by Gasteiger charge is 2.23. The van der Waals surface area contributed by atoms with Crippen molar-refractivity contribution in [2.24, 2.45) is 0 Å². The third kappa shape index (κ3) is 6.08. The van der Waals surface area contributed by atoms with Crippen molar-refractivity contribution in [1.82, 2.24) is 24.8 Å². The number of ether oxygens (including phenoxy) is 1. The molecule has 214 valence electrons. The van der Waals surface area contributed by atoms with Gasteiger partial charge in [-0.05, 0) is 63.4 Å². The fraction of sp³-hybridized carbons (Fsp3) is 0.355. The van der Waals surface area contributed by atoms with E-state index in [-0.39, 0.29) is 0 Å². The molecule has 0 saturated carbocycles. The van der Waals surface area contributed by atoms with Gasteiger partial charge in [-0.15, -0.1) is 11.8 Å². The van der Waals surface area contributed by atoms with E-state index in [1.54, 1.807) is 43.5 Å². The maximum Gasteiger partial charge on any atom is 0.229 e. The van der Waals surface area contributed by atoms with Crippen molar-refractivity contribution in [2.45, 2.75) is 37.1 Å². The van der Waals surface area contributed by atoms with E-state index in [1.807, 2.05) is 18.4 Å². The summed E-state index contributed by atoms with van der Waals surface area (Å²) in [5.74, 6) is 1.87. The SMILES string of the molecule is C=Cc1cnc(Nc2cc(CC)c(N3CCC(N(C)C)CC3)cc2OC)nc1Nc1ccc2nccnc2c1SC. The van der Waals surface area contributed by atoms with Crippen LogP contribution >= 0.6 is 11.8 Å². The minimum atomic E-state index is 0.462. The first-order valence-electron chi connectivity index (χ1n) is 13.9. The Morgan fingerprint density at radius 1 is 1.10 bits per heavy atom. The van der Waals surface area contributed by atoms with Crippen LogP contribution in [0.1, 0.15) is 30.9 Å². The predicted octanol–water partition coefficient (Wildman–Crippen LogP) is 6.37. The highest BCUT2D eigenvalue weighted by Crippen LogP contribution is 2.38. The smallest absolute Gasteiger partial charge is 0.229 e. The highest BCUT2D eigenvalue weighted by atomic mass is 32.2. The quantitative estimate of drug-likeness (QED) is 0.210. The van der Waals surface area contributed by atoms with E-state index in [0.717, 1.165) is 71.0 Å². The van der Waals surface area contributed by atoms with Gasteiger partial charge in [0, 0.05) is 55.0 Å². The second kappa shape index (κ2) is 12.7. The molecule has 1 saturated heterocycles. The molecule has 3 heterocycles. The number of fused-ring (bicyclic) bond motifs is 1. The molecule has 5 rings (SSSR count). The largest absolute Gasteiger partial charge is 0.494 e. The van der Waals surface area contributed by atoms with E-state index >= 15 is 0 Å². The fourth-order valence-electron chi connectivity index (χ4n) is 5.35. The molecule has 0 bridgehead atoms. The van der Waals surface area contributed by atoms with Crippen LogP contribution in [0, 0.1) is 0 Å². The number of rotatable bonds is 10. The summed E-state index contributed by atoms with van der Waals surface area (Å²) in [6.07, 6.45) is 12.2. The summed E-state index contributed by atoms with van der Waals surface area (Å²) < 4.78 is 5.85. The average molecular weight is 571 g/mol. The van der Waals surface area contributed by atoms with Crippen molar-refractivity contribution in [3.05, 3.63) is 60.6 Å². The van der Waals surface area contributed by atoms with E-state index in [4.69, 9.17) is 9.72 Å². The molecule has 2 aromatic carbocycles. The minimum absolute atomic E-state index is 0.462. The Labute approximate surface area is 246 Å². The van der Waals surface area contributed by atoms with Crippen molar-refractivity contribution in [3.63, 3.8) is 0 Å². The Kier molecular flexibility index (Phi) is 8.90. The van der Waals surface area contributed by atoms with Gasteiger partial charge in [0.25, 0.3) is 0 Å². The number of nitrogens with zero attached hydrogens (tertiary/aromatic N) is 6. The lowest BCUT2D eigenvalue weighted by molar-refractivity contribution is 0.249. The van der Waals surface area contributed by atoms with E-state index in [9.17, 15) is 0 Å². The van der Waals surface area contributed by atoms with Crippen LogP contribution in [0.15, 0.2) is 54.3 Å². The molecule has 0 amide bonds. The maximum atomic E-state index is 5.85. The van der Waals surface area contributed by atoms with Crippen LogP contribution in [-0.2, 0) is 6.42 Å². The molecule has 4 aromatic rings. The van der Waals surface area contributed by atoms with Crippen LogP contribution in [0.2, 0.25) is 0 Å². The number of benzene rings is 2. The van der Waals surface area contributed by atoms with Gasteiger partial charge in [0.05, 0.1) is 28.9 Å². The summed E-state index contributed by atoms with van der Waals surface area (Å²) in [5, 5.41) is 6.90. The second-order valence-electron chi connectivity index (χ2n) is 10.2. The Hall–Kier alpha value is -3.89. The van der Waals surface area contributed by atoms with Crippen LogP contribution in [-0.4, -0.2) is 71.4 Å². The Bertz CT molecular complexity index is 1530. The molecule has 10 heteroatoms. The van der Waals surface area contributed by atoms with Crippen molar-refractivity contribution in [2.75, 3.05) is 56.1 Å². The molecule has 41 heavy (non-hydrogen) atoms. The number of methoxy groups -OCH3 is 1. The van der Waals surface area contributed by atoms with Crippen LogP contribution < -0.4 is 20.3 Å². The molecule has 0 spiro atoms. The third-order valence-electron chi connectivity index (χ3n) is 7.65. The third-order valence-corrected chi connectivity index (χ3v) is 8.47. The lowest BCUT2D eigenvalue weighted by Crippen LogP contribution is -2.42. The van der Waals surface area contributed by atoms with Crippen LogP contribution in [0.5, 0.6) is 5.75 Å². The molecule has 0 radical (unpaired) electrons. The first-order valence-corrected chi connectivity index (χ1v) is 15.1. The van der Waals surface area contributed by atoms with Gasteiger partial charge in [0.1, 0.15) is 17.1 Å². The number of thioether (sulfide) groups is 1. The predicted molar refractivity (Wildman–Crippen MR) is 171 cm³/mol. The maximum absolute atomic E-state index is 5.85. The molecule has 9 nitrogen and oxygen atoms in total. The van der Waals surface area contributed by atoms with Crippen molar-refractivity contribution in [3.8, 4) is 5.75 Å². The zero-order valence-corrected chi connectivity index (χ0v) is 25.3. The lowest BCUT2D eigenvalue weighted by Gasteiger charge is -2.37. The van der Waals surface area contributed by atoms with Gasteiger partial charge >= 0.3 is 0 Å². The van der Waals surface area contributed by atoms with Gasteiger partial charge < -0.3 is 25.2 Å². The lowest BCUT2D eigenvalue weighted by atomic mass is 10.0. The van der Waals surface area contributed by atoms with Crippen molar-refractivity contribution in [1.29, 1.82) is 0 Å². The topological polar surface area (TPSA) is 91.3 Å². The molecule has 0 unspecified atom stereocenters. The number of piperidine rings is 1. The normalized spacial score (nSPS) is 14.0. The Balaban J connectivity index is 1.44. The van der Waals surface area contributed by atoms with Gasteiger partial charge in [0.2, 0.25) is 5.95 Å². The molecule has 1 aliphatic heterocycles. The average Bonchev–Trinajstić information content (AvgIpc) is 3.01. The minimum Gasteiger partial charge on any atom is -0.494 e. The van der Waals surface area contributed by atoms with Crippen molar-refractivity contribution >= 4 is 57.7 Å². The molecule has 0 aliphatic carbocycles. The van der Waals surface area contributed by atoms with E-state index in [0.29, 0.717) is 17.8 Å². The van der Waals surface area contributed by atoms with Gasteiger partial charge in [-0.2, -0.15) is 4.98 Å². The fourth-order valence-corrected chi connectivity index (χ4v) is 6.04. The number of nitrogens with one attached hydrogen (secondary N) is 2. The molecular weight excluding hydrogens is 532 g/mol. The van der Waals surface area contributed by atoms with Crippen molar-refractivity contribution < 1.29 is 4.74 Å². The van der Waals surface area contributed by atoms with Crippen LogP contribution in [0.4, 0.5) is 28.8 Å². The summed E-state index contributed by atoms with van der Waals surface area (Å²) in [6.45, 7) is 8.22. The molecule has 2 N–H and O–H groups in total. The number of hydrogen-bond donors (Lipinski definition) is 2.